The molecule has 0 bridgehead atoms. The van der Waals surface area contributed by atoms with Crippen LogP contribution in [-0.2, 0) is 10.0 Å². The first kappa shape index (κ1) is 11.8. The van der Waals surface area contributed by atoms with E-state index in [-0.39, 0.29) is 0 Å². The zero-order chi connectivity index (χ0) is 11.6. The summed E-state index contributed by atoms with van der Waals surface area (Å²) in [5, 5.41) is 4.10. The maximum Gasteiger partial charge on any atom is 0.267 e. The van der Waals surface area contributed by atoms with Gasteiger partial charge in [0.2, 0.25) is 5.03 Å². The first-order valence-corrected chi connectivity index (χ1v) is 5.26. The van der Waals surface area contributed by atoms with Crippen molar-refractivity contribution in [1.82, 2.24) is 4.98 Å². The Morgan fingerprint density at radius 3 is 2.53 bits per heavy atom. The lowest BCUT2D eigenvalue weighted by atomic mass is 10.2. The number of nitrogens with two attached hydrogens (primary N) is 1. The Bertz CT molecular complexity index is 461. The number of hydrogen-bond acceptors (Lipinski definition) is 4. The van der Waals surface area contributed by atoms with Crippen molar-refractivity contribution in [3.63, 3.8) is 0 Å². The molecule has 1 aromatic rings. The van der Waals surface area contributed by atoms with Crippen LogP contribution in [0.1, 0.15) is 12.0 Å². The topological polar surface area (TPSA) is 82.3 Å². The largest absolute Gasteiger partial charge is 0.493 e. The standard InChI is InChI=1S/C7H8F2N2O3S/c1-14-5-4(6(8)9)2-3-11-7(5)15(10,12)13/h2-3,6H,1H3,(H2,10,12,13). The molecule has 1 aromatic heterocycles. The van der Waals surface area contributed by atoms with Gasteiger partial charge < -0.3 is 4.74 Å². The van der Waals surface area contributed by atoms with Gasteiger partial charge >= 0.3 is 0 Å². The van der Waals surface area contributed by atoms with Crippen molar-refractivity contribution >= 4 is 10.0 Å². The number of pyridine rings is 1. The molecule has 84 valence electrons. The molecule has 2 N–H and O–H groups in total. The van der Waals surface area contributed by atoms with Gasteiger partial charge in [0, 0.05) is 6.20 Å². The number of halogens is 2. The molecule has 0 aromatic carbocycles. The van der Waals surface area contributed by atoms with E-state index in [9.17, 15) is 17.2 Å². The smallest absolute Gasteiger partial charge is 0.267 e. The number of aromatic nitrogens is 1. The molecule has 1 heterocycles. The molecule has 15 heavy (non-hydrogen) atoms. The monoisotopic (exact) mass is 238 g/mol. The minimum atomic E-state index is -4.17. The van der Waals surface area contributed by atoms with Gasteiger partial charge in [-0.15, -0.1) is 0 Å². The fraction of sp³-hybridized carbons (Fsp3) is 0.286. The highest BCUT2D eigenvalue weighted by molar-refractivity contribution is 7.89. The van der Waals surface area contributed by atoms with E-state index in [0.717, 1.165) is 19.4 Å². The molecule has 0 unspecified atom stereocenters. The Labute approximate surface area is 84.9 Å². The van der Waals surface area contributed by atoms with E-state index in [1.807, 2.05) is 0 Å². The minimum Gasteiger partial charge on any atom is -0.493 e. The third-order valence-corrected chi connectivity index (χ3v) is 2.44. The van der Waals surface area contributed by atoms with Crippen LogP contribution in [0.25, 0.3) is 0 Å². The van der Waals surface area contributed by atoms with Crippen LogP contribution in [0.2, 0.25) is 0 Å². The molecule has 0 aliphatic rings. The molecular weight excluding hydrogens is 230 g/mol. The van der Waals surface area contributed by atoms with Crippen molar-refractivity contribution in [2.75, 3.05) is 7.11 Å². The van der Waals surface area contributed by atoms with E-state index in [2.05, 4.69) is 9.72 Å². The first-order chi connectivity index (χ1) is 6.88. The molecule has 0 saturated carbocycles. The average molecular weight is 238 g/mol. The fourth-order valence-corrected chi connectivity index (χ4v) is 1.69. The second kappa shape index (κ2) is 4.07. The van der Waals surface area contributed by atoms with E-state index < -0.39 is 32.8 Å². The lowest BCUT2D eigenvalue weighted by Crippen LogP contribution is -2.16. The summed E-state index contributed by atoms with van der Waals surface area (Å²) in [7, 11) is -3.10. The van der Waals surface area contributed by atoms with E-state index in [1.54, 1.807) is 0 Å². The van der Waals surface area contributed by atoms with Gasteiger partial charge in [0.25, 0.3) is 16.4 Å². The summed E-state index contributed by atoms with van der Waals surface area (Å²) >= 11 is 0. The van der Waals surface area contributed by atoms with Crippen LogP contribution in [0, 0.1) is 0 Å². The van der Waals surface area contributed by atoms with Crippen LogP contribution < -0.4 is 9.88 Å². The first-order valence-electron chi connectivity index (χ1n) is 3.71. The highest BCUT2D eigenvalue weighted by atomic mass is 32.2. The Balaban J connectivity index is 3.49. The van der Waals surface area contributed by atoms with E-state index in [4.69, 9.17) is 5.14 Å². The summed E-state index contributed by atoms with van der Waals surface area (Å²) in [6.07, 6.45) is -1.92. The zero-order valence-electron chi connectivity index (χ0n) is 7.65. The SMILES string of the molecule is COc1c(C(F)F)ccnc1S(N)(=O)=O. The summed E-state index contributed by atoms with van der Waals surface area (Å²) in [4.78, 5) is 3.39. The van der Waals surface area contributed by atoms with Gasteiger partial charge in [-0.1, -0.05) is 0 Å². The normalized spacial score (nSPS) is 11.8. The van der Waals surface area contributed by atoms with Gasteiger partial charge in [-0.2, -0.15) is 0 Å². The number of primary sulfonamides is 1. The van der Waals surface area contributed by atoms with Crippen molar-refractivity contribution < 1.29 is 21.9 Å². The predicted molar refractivity (Wildman–Crippen MR) is 47.1 cm³/mol. The molecule has 5 nitrogen and oxygen atoms in total. The summed E-state index contributed by atoms with van der Waals surface area (Å²) in [5.41, 5.74) is -0.559. The van der Waals surface area contributed by atoms with Gasteiger partial charge in [0.15, 0.2) is 5.75 Å². The van der Waals surface area contributed by atoms with Crippen LogP contribution in [-0.4, -0.2) is 20.5 Å². The second-order valence-electron chi connectivity index (χ2n) is 2.58. The molecule has 0 aliphatic heterocycles. The number of ether oxygens (including phenoxy) is 1. The maximum atomic E-state index is 12.4. The summed E-state index contributed by atoms with van der Waals surface area (Å²) < 4.78 is 51.4. The van der Waals surface area contributed by atoms with E-state index in [1.165, 1.54) is 0 Å². The fourth-order valence-electron chi connectivity index (χ4n) is 1.02. The molecule has 0 spiro atoms. The quantitative estimate of drug-likeness (QED) is 0.839. The molecular formula is C7H8F2N2O3S. The lowest BCUT2D eigenvalue weighted by Gasteiger charge is -2.09. The number of alkyl halides is 2. The van der Waals surface area contributed by atoms with Crippen LogP contribution >= 0.6 is 0 Å². The Kier molecular flexibility index (Phi) is 3.20. The van der Waals surface area contributed by atoms with Crippen LogP contribution in [0.5, 0.6) is 5.75 Å². The maximum absolute atomic E-state index is 12.4. The molecule has 1 rings (SSSR count). The summed E-state index contributed by atoms with van der Waals surface area (Å²) in [6, 6.07) is 0.970. The van der Waals surface area contributed by atoms with Gasteiger partial charge in [0.05, 0.1) is 12.7 Å². The number of hydrogen-bond donors (Lipinski definition) is 1. The highest BCUT2D eigenvalue weighted by Gasteiger charge is 2.23. The number of nitrogens with zero attached hydrogens (tertiary/aromatic N) is 1. The Hall–Kier alpha value is -1.28. The predicted octanol–water partition coefficient (Wildman–Crippen LogP) is 0.675. The van der Waals surface area contributed by atoms with Crippen molar-refractivity contribution in [2.24, 2.45) is 5.14 Å². The molecule has 0 aliphatic carbocycles. The molecule has 0 fully saturated rings. The lowest BCUT2D eigenvalue weighted by molar-refractivity contribution is 0.146. The third-order valence-electron chi connectivity index (χ3n) is 1.61. The van der Waals surface area contributed by atoms with Gasteiger partial charge in [-0.3, -0.25) is 0 Å². The number of sulfonamides is 1. The zero-order valence-corrected chi connectivity index (χ0v) is 8.46. The molecule has 0 atom stereocenters. The summed E-state index contributed by atoms with van der Waals surface area (Å²) in [6.45, 7) is 0. The molecule has 0 amide bonds. The number of methoxy groups -OCH3 is 1. The Morgan fingerprint density at radius 2 is 2.13 bits per heavy atom. The minimum absolute atomic E-state index is 0.519. The van der Waals surface area contributed by atoms with Crippen molar-refractivity contribution in [2.45, 2.75) is 11.5 Å². The van der Waals surface area contributed by atoms with E-state index in [0.29, 0.717) is 0 Å². The van der Waals surface area contributed by atoms with Crippen molar-refractivity contribution in [1.29, 1.82) is 0 Å². The third kappa shape index (κ3) is 2.39. The van der Waals surface area contributed by atoms with Crippen LogP contribution in [0.3, 0.4) is 0 Å². The molecule has 8 heteroatoms. The molecule has 0 radical (unpaired) electrons. The average Bonchev–Trinajstić information content (AvgIpc) is 2.15. The van der Waals surface area contributed by atoms with Gasteiger partial charge in [0.1, 0.15) is 0 Å². The molecule has 0 saturated heterocycles. The second-order valence-corrected chi connectivity index (χ2v) is 4.06. The van der Waals surface area contributed by atoms with Gasteiger partial charge in [-0.05, 0) is 6.07 Å². The van der Waals surface area contributed by atoms with Crippen molar-refractivity contribution in [3.8, 4) is 5.75 Å². The Morgan fingerprint density at radius 1 is 1.53 bits per heavy atom. The van der Waals surface area contributed by atoms with Crippen LogP contribution in [0.15, 0.2) is 17.3 Å². The van der Waals surface area contributed by atoms with Gasteiger partial charge in [-0.25, -0.2) is 27.3 Å². The number of rotatable bonds is 3. The van der Waals surface area contributed by atoms with E-state index >= 15 is 0 Å². The highest BCUT2D eigenvalue weighted by Crippen LogP contribution is 2.32. The van der Waals surface area contributed by atoms with Crippen molar-refractivity contribution in [3.05, 3.63) is 17.8 Å². The van der Waals surface area contributed by atoms with Crippen LogP contribution in [0.4, 0.5) is 8.78 Å². The summed E-state index contributed by atoms with van der Waals surface area (Å²) in [5.74, 6) is -0.519.